The van der Waals surface area contributed by atoms with E-state index < -0.39 is 10.0 Å². The van der Waals surface area contributed by atoms with E-state index >= 15 is 0 Å². The van der Waals surface area contributed by atoms with Crippen molar-refractivity contribution in [1.82, 2.24) is 10.1 Å². The van der Waals surface area contributed by atoms with E-state index in [9.17, 15) is 8.42 Å². The fraction of sp³-hybridized carbons (Fsp3) is 0.231. The van der Waals surface area contributed by atoms with Gasteiger partial charge in [0, 0.05) is 16.7 Å². The lowest BCUT2D eigenvalue weighted by Gasteiger charge is -2.15. The molecule has 7 nitrogen and oxygen atoms in total. The van der Waals surface area contributed by atoms with Crippen LogP contribution in [0.1, 0.15) is 30.7 Å². The van der Waals surface area contributed by atoms with Crippen molar-refractivity contribution in [2.45, 2.75) is 39.0 Å². The van der Waals surface area contributed by atoms with E-state index in [1.54, 1.807) is 32.2 Å². The van der Waals surface area contributed by atoms with Gasteiger partial charge in [-0.15, -0.1) is 0 Å². The highest BCUT2D eigenvalue weighted by molar-refractivity contribution is 7.92. The van der Waals surface area contributed by atoms with E-state index in [0.717, 1.165) is 16.7 Å². The average molecular weight is 478 g/mol. The summed E-state index contributed by atoms with van der Waals surface area (Å²) in [5.41, 5.74) is 4.48. The van der Waals surface area contributed by atoms with Crippen molar-refractivity contribution < 1.29 is 17.4 Å². The number of hydrogen-bond acceptors (Lipinski definition) is 6. The van der Waals surface area contributed by atoms with Gasteiger partial charge in [0.15, 0.2) is 0 Å². The van der Waals surface area contributed by atoms with Crippen LogP contribution in [-0.4, -0.2) is 18.6 Å². The Labute approximate surface area is 199 Å². The third-order valence-corrected chi connectivity index (χ3v) is 6.88. The highest BCUT2D eigenvalue weighted by Crippen LogP contribution is 2.34. The van der Waals surface area contributed by atoms with E-state index in [2.05, 4.69) is 40.9 Å². The van der Waals surface area contributed by atoms with Crippen molar-refractivity contribution in [3.8, 4) is 22.6 Å². The molecule has 0 spiro atoms. The minimum atomic E-state index is -3.94. The Morgan fingerprint density at radius 3 is 2.56 bits per heavy atom. The number of allylic oxidation sites excluding steroid dienone is 2. The molecule has 0 saturated carbocycles. The lowest BCUT2D eigenvalue weighted by atomic mass is 9.95. The van der Waals surface area contributed by atoms with Crippen LogP contribution in [0.25, 0.3) is 22.6 Å². The molecule has 0 radical (unpaired) electrons. The first kappa shape index (κ1) is 23.5. The topological polar surface area (TPSA) is 98.2 Å². The third kappa shape index (κ3) is 4.97. The maximum Gasteiger partial charge on any atom is 0.264 e. The highest BCUT2D eigenvalue weighted by Gasteiger charge is 2.24. The molecule has 0 aliphatic carbocycles. The minimum Gasteiger partial charge on any atom is -0.445 e. The molecule has 8 heteroatoms. The molecule has 0 aliphatic heterocycles. The molecule has 0 bridgehead atoms. The molecule has 2 aromatic carbocycles. The van der Waals surface area contributed by atoms with Gasteiger partial charge in [-0.1, -0.05) is 55.4 Å². The number of benzene rings is 2. The Bertz CT molecular complexity index is 1420. The summed E-state index contributed by atoms with van der Waals surface area (Å²) >= 11 is 0. The van der Waals surface area contributed by atoms with Crippen molar-refractivity contribution in [3.63, 3.8) is 0 Å². The van der Waals surface area contributed by atoms with Crippen molar-refractivity contribution >= 4 is 15.9 Å². The molecular weight excluding hydrogens is 450 g/mol. The Morgan fingerprint density at radius 1 is 1.09 bits per heavy atom. The molecule has 2 heterocycles. The Kier molecular flexibility index (Phi) is 6.70. The number of anilines is 1. The molecular formula is C26H27N3O4S. The van der Waals surface area contributed by atoms with E-state index in [0.29, 0.717) is 35.1 Å². The van der Waals surface area contributed by atoms with Crippen LogP contribution in [0.15, 0.2) is 80.9 Å². The second kappa shape index (κ2) is 9.69. The number of oxazole rings is 1. The van der Waals surface area contributed by atoms with Crippen molar-refractivity contribution in [3.05, 3.63) is 83.9 Å². The molecule has 4 rings (SSSR count). The summed E-state index contributed by atoms with van der Waals surface area (Å²) in [6, 6.07) is 12.7. The van der Waals surface area contributed by atoms with Crippen molar-refractivity contribution in [1.29, 1.82) is 0 Å². The Hall–Kier alpha value is -3.65. The van der Waals surface area contributed by atoms with E-state index in [1.807, 2.05) is 30.3 Å². The smallest absolute Gasteiger partial charge is 0.264 e. The average Bonchev–Trinajstić information content (AvgIpc) is 3.45. The van der Waals surface area contributed by atoms with Gasteiger partial charge < -0.3 is 8.94 Å². The van der Waals surface area contributed by atoms with Gasteiger partial charge in [0.1, 0.15) is 6.26 Å². The van der Waals surface area contributed by atoms with Gasteiger partial charge in [-0.3, -0.25) is 0 Å². The van der Waals surface area contributed by atoms with Crippen LogP contribution < -0.4 is 4.72 Å². The normalized spacial score (nSPS) is 12.0. The molecule has 0 fully saturated rings. The monoisotopic (exact) mass is 477 g/mol. The van der Waals surface area contributed by atoms with Gasteiger partial charge in [0.2, 0.25) is 11.8 Å². The predicted octanol–water partition coefficient (Wildman–Crippen LogP) is 6.17. The molecule has 34 heavy (non-hydrogen) atoms. The van der Waals surface area contributed by atoms with Gasteiger partial charge in [-0.2, -0.15) is 0 Å². The summed E-state index contributed by atoms with van der Waals surface area (Å²) in [5, 5.41) is 3.85. The van der Waals surface area contributed by atoms with Crippen LogP contribution in [0, 0.1) is 19.8 Å². The Balaban J connectivity index is 1.80. The maximum atomic E-state index is 13.4. The molecule has 176 valence electrons. The number of nitrogens with zero attached hydrogens (tertiary/aromatic N) is 2. The molecule has 4 aromatic rings. The zero-order valence-corrected chi connectivity index (χ0v) is 20.4. The molecule has 0 saturated heterocycles. The fourth-order valence-corrected chi connectivity index (χ4v) is 4.87. The van der Waals surface area contributed by atoms with Crippen LogP contribution >= 0.6 is 0 Å². The first-order valence-corrected chi connectivity index (χ1v) is 12.5. The zero-order valence-electron chi connectivity index (χ0n) is 19.6. The van der Waals surface area contributed by atoms with Gasteiger partial charge in [0.05, 0.1) is 16.8 Å². The minimum absolute atomic E-state index is 0.117. The fourth-order valence-electron chi connectivity index (χ4n) is 3.60. The number of sulfonamides is 1. The van der Waals surface area contributed by atoms with Crippen LogP contribution in [0.3, 0.4) is 0 Å². The number of nitrogens with one attached hydrogen (secondary N) is 1. The molecule has 0 atom stereocenters. The number of rotatable bonds is 8. The van der Waals surface area contributed by atoms with E-state index in [1.165, 1.54) is 6.26 Å². The maximum absolute atomic E-state index is 13.4. The van der Waals surface area contributed by atoms with Crippen LogP contribution in [0.4, 0.5) is 5.88 Å². The number of hydrogen-bond donors (Lipinski definition) is 1. The second-order valence-electron chi connectivity index (χ2n) is 8.41. The van der Waals surface area contributed by atoms with Gasteiger partial charge in [0.25, 0.3) is 10.0 Å². The SMILES string of the molecule is Cc1noc(NS(=O)(=O)c2ccccc2-c2ccc(-c3ncco3)cc2C/C=C/C(C)C)c1C. The molecule has 2 aromatic heterocycles. The first-order valence-electron chi connectivity index (χ1n) is 11.0. The lowest BCUT2D eigenvalue weighted by molar-refractivity contribution is 0.430. The van der Waals surface area contributed by atoms with Crippen molar-refractivity contribution in [2.75, 3.05) is 4.72 Å². The third-order valence-electron chi connectivity index (χ3n) is 5.49. The van der Waals surface area contributed by atoms with Crippen molar-refractivity contribution in [2.24, 2.45) is 5.92 Å². The van der Waals surface area contributed by atoms with Crippen LogP contribution in [-0.2, 0) is 16.4 Å². The highest BCUT2D eigenvalue weighted by atomic mass is 32.2. The summed E-state index contributed by atoms with van der Waals surface area (Å²) in [5.74, 6) is 1.04. The lowest BCUT2D eigenvalue weighted by Crippen LogP contribution is -2.14. The zero-order chi connectivity index (χ0) is 24.3. The van der Waals surface area contributed by atoms with Crippen LogP contribution in [0.2, 0.25) is 0 Å². The summed E-state index contributed by atoms with van der Waals surface area (Å²) in [6.45, 7) is 7.75. The molecule has 0 amide bonds. The quantitative estimate of drug-likeness (QED) is 0.305. The summed E-state index contributed by atoms with van der Waals surface area (Å²) in [7, 11) is -3.94. The van der Waals surface area contributed by atoms with E-state index in [4.69, 9.17) is 8.94 Å². The summed E-state index contributed by atoms with van der Waals surface area (Å²) in [4.78, 5) is 4.40. The van der Waals surface area contributed by atoms with Gasteiger partial charge >= 0.3 is 0 Å². The van der Waals surface area contributed by atoms with E-state index in [-0.39, 0.29) is 10.8 Å². The summed E-state index contributed by atoms with van der Waals surface area (Å²) in [6.07, 6.45) is 7.98. The number of aryl methyl sites for hydroxylation is 1. The second-order valence-corrected chi connectivity index (χ2v) is 10.1. The van der Waals surface area contributed by atoms with Gasteiger partial charge in [-0.25, -0.2) is 18.1 Å². The van der Waals surface area contributed by atoms with Gasteiger partial charge in [-0.05, 0) is 55.5 Å². The summed E-state index contributed by atoms with van der Waals surface area (Å²) < 4.78 is 40.0. The molecule has 0 unspecified atom stereocenters. The largest absolute Gasteiger partial charge is 0.445 e. The standard InChI is InChI=1S/C26H27N3O4S/c1-17(2)8-7-9-20-16-21(26-27-14-15-32-26)12-13-22(20)23-10-5-6-11-24(23)34(30,31)29-25-18(3)19(4)28-33-25/h5-8,10-17,29H,9H2,1-4H3/b8-7+. The molecule has 1 N–H and O–H groups in total. The predicted molar refractivity (Wildman–Crippen MR) is 132 cm³/mol. The molecule has 0 aliphatic rings. The first-order chi connectivity index (χ1) is 16.3. The number of aromatic nitrogens is 2. The van der Waals surface area contributed by atoms with Crippen LogP contribution in [0.5, 0.6) is 0 Å². The Morgan fingerprint density at radius 2 is 1.88 bits per heavy atom.